The fourth-order valence-electron chi connectivity index (χ4n) is 0.912. The van der Waals surface area contributed by atoms with Crippen LogP contribution in [0, 0.1) is 11.3 Å². The number of rotatable bonds is 6. The van der Waals surface area contributed by atoms with Gasteiger partial charge >= 0.3 is 0 Å². The van der Waals surface area contributed by atoms with E-state index in [1.807, 2.05) is 13.0 Å². The van der Waals surface area contributed by atoms with Gasteiger partial charge in [-0.05, 0) is 13.3 Å². The second-order valence-corrected chi connectivity index (χ2v) is 2.93. The van der Waals surface area contributed by atoms with Gasteiger partial charge in [0.2, 0.25) is 5.91 Å². The molecule has 0 fully saturated rings. The maximum Gasteiger partial charge on any atom is 0.220 e. The molecule has 0 heterocycles. The van der Waals surface area contributed by atoms with Crippen molar-refractivity contribution in [2.75, 3.05) is 13.7 Å². The summed E-state index contributed by atoms with van der Waals surface area (Å²) >= 11 is 0. The van der Waals surface area contributed by atoms with Crippen molar-refractivity contribution in [2.45, 2.75) is 32.2 Å². The average molecular weight is 184 g/mol. The first-order valence-corrected chi connectivity index (χ1v) is 4.36. The molecule has 4 nitrogen and oxygen atoms in total. The molecule has 0 aromatic heterocycles. The van der Waals surface area contributed by atoms with Crippen LogP contribution < -0.4 is 5.32 Å². The largest absolute Gasteiger partial charge is 0.385 e. The van der Waals surface area contributed by atoms with E-state index >= 15 is 0 Å². The van der Waals surface area contributed by atoms with E-state index in [4.69, 9.17) is 10.00 Å². The molecule has 0 radical (unpaired) electrons. The van der Waals surface area contributed by atoms with Crippen molar-refractivity contribution in [3.05, 3.63) is 0 Å². The van der Waals surface area contributed by atoms with Gasteiger partial charge in [-0.1, -0.05) is 0 Å². The lowest BCUT2D eigenvalue weighted by molar-refractivity contribution is -0.121. The smallest absolute Gasteiger partial charge is 0.220 e. The van der Waals surface area contributed by atoms with Crippen molar-refractivity contribution >= 4 is 5.91 Å². The van der Waals surface area contributed by atoms with Crippen LogP contribution in [0.4, 0.5) is 0 Å². The lowest BCUT2D eigenvalue weighted by atomic mass is 10.2. The predicted octanol–water partition coefficient (Wildman–Crippen LogP) is 0.831. The van der Waals surface area contributed by atoms with Gasteiger partial charge in [-0.15, -0.1) is 0 Å². The van der Waals surface area contributed by atoms with Gasteiger partial charge in [0, 0.05) is 26.2 Å². The first-order chi connectivity index (χ1) is 6.20. The molecule has 0 aromatic rings. The van der Waals surface area contributed by atoms with Crippen molar-refractivity contribution in [3.63, 3.8) is 0 Å². The maximum absolute atomic E-state index is 11.1. The molecule has 1 N–H and O–H groups in total. The quantitative estimate of drug-likeness (QED) is 0.622. The van der Waals surface area contributed by atoms with Crippen LogP contribution >= 0.6 is 0 Å². The van der Waals surface area contributed by atoms with E-state index in [9.17, 15) is 4.79 Å². The van der Waals surface area contributed by atoms with Gasteiger partial charge in [-0.2, -0.15) is 5.26 Å². The van der Waals surface area contributed by atoms with E-state index < -0.39 is 0 Å². The van der Waals surface area contributed by atoms with E-state index in [1.165, 1.54) is 0 Å². The summed E-state index contributed by atoms with van der Waals surface area (Å²) in [5.74, 6) is -0.0141. The second-order valence-electron chi connectivity index (χ2n) is 2.93. The number of methoxy groups -OCH3 is 1. The van der Waals surface area contributed by atoms with Crippen molar-refractivity contribution in [3.8, 4) is 6.07 Å². The molecule has 0 aromatic carbocycles. The number of carbonyl (C=O) groups is 1. The number of ether oxygens (including phenoxy) is 1. The van der Waals surface area contributed by atoms with Crippen LogP contribution in [0.25, 0.3) is 0 Å². The van der Waals surface area contributed by atoms with Crippen molar-refractivity contribution < 1.29 is 9.53 Å². The molecule has 1 atom stereocenters. The van der Waals surface area contributed by atoms with Crippen LogP contribution in [-0.2, 0) is 9.53 Å². The first kappa shape index (κ1) is 11.9. The van der Waals surface area contributed by atoms with E-state index in [1.54, 1.807) is 7.11 Å². The molecule has 0 aliphatic carbocycles. The molecular weight excluding hydrogens is 168 g/mol. The van der Waals surface area contributed by atoms with E-state index in [-0.39, 0.29) is 11.9 Å². The number of amides is 1. The van der Waals surface area contributed by atoms with E-state index in [0.29, 0.717) is 19.4 Å². The third-order valence-corrected chi connectivity index (χ3v) is 1.56. The Labute approximate surface area is 78.9 Å². The fourth-order valence-corrected chi connectivity index (χ4v) is 0.912. The molecule has 0 bridgehead atoms. The Morgan fingerprint density at radius 2 is 2.38 bits per heavy atom. The Bertz CT molecular complexity index is 187. The number of carbonyl (C=O) groups excluding carboxylic acids is 1. The summed E-state index contributed by atoms with van der Waals surface area (Å²) in [6, 6.07) is 1.95. The molecule has 13 heavy (non-hydrogen) atoms. The van der Waals surface area contributed by atoms with Gasteiger partial charge in [0.15, 0.2) is 0 Å². The van der Waals surface area contributed by atoms with Gasteiger partial charge in [0.05, 0.1) is 12.5 Å². The normalized spacial score (nSPS) is 11.8. The van der Waals surface area contributed by atoms with Gasteiger partial charge in [-0.25, -0.2) is 0 Å². The monoisotopic (exact) mass is 184 g/mol. The molecular formula is C9H16N2O2. The standard InChI is InChI=1S/C9H16N2O2/c1-8(5-6-10)11-9(12)4-3-7-13-2/h8H,3-5,7H2,1-2H3,(H,11,12). The summed E-state index contributed by atoms with van der Waals surface area (Å²) in [4.78, 5) is 11.1. The molecule has 74 valence electrons. The maximum atomic E-state index is 11.1. The molecule has 0 aliphatic heterocycles. The number of hydrogen-bond donors (Lipinski definition) is 1. The highest BCUT2D eigenvalue weighted by Crippen LogP contribution is 1.93. The van der Waals surface area contributed by atoms with Crippen LogP contribution in [0.5, 0.6) is 0 Å². The number of nitrogens with one attached hydrogen (secondary N) is 1. The Kier molecular flexibility index (Phi) is 6.93. The molecule has 0 saturated heterocycles. The third-order valence-electron chi connectivity index (χ3n) is 1.56. The van der Waals surface area contributed by atoms with Crippen molar-refractivity contribution in [1.82, 2.24) is 5.32 Å². The van der Waals surface area contributed by atoms with E-state index in [0.717, 1.165) is 6.42 Å². The zero-order chi connectivity index (χ0) is 10.1. The van der Waals surface area contributed by atoms with Crippen molar-refractivity contribution in [1.29, 1.82) is 5.26 Å². The van der Waals surface area contributed by atoms with Crippen LogP contribution in [0.15, 0.2) is 0 Å². The highest BCUT2D eigenvalue weighted by molar-refractivity contribution is 5.76. The lowest BCUT2D eigenvalue weighted by Gasteiger charge is -2.09. The van der Waals surface area contributed by atoms with Gasteiger partial charge in [0.25, 0.3) is 0 Å². The third kappa shape index (κ3) is 7.29. The topological polar surface area (TPSA) is 62.1 Å². The van der Waals surface area contributed by atoms with E-state index in [2.05, 4.69) is 5.32 Å². The SMILES string of the molecule is COCCCC(=O)NC(C)CC#N. The highest BCUT2D eigenvalue weighted by atomic mass is 16.5. The zero-order valence-corrected chi connectivity index (χ0v) is 8.17. The summed E-state index contributed by atoms with van der Waals surface area (Å²) < 4.78 is 4.81. The Morgan fingerprint density at radius 3 is 2.92 bits per heavy atom. The Morgan fingerprint density at radius 1 is 1.69 bits per heavy atom. The molecule has 0 aliphatic rings. The van der Waals surface area contributed by atoms with Gasteiger partial charge in [-0.3, -0.25) is 4.79 Å². The second kappa shape index (κ2) is 7.56. The molecule has 0 rings (SSSR count). The summed E-state index contributed by atoms with van der Waals surface area (Å²) in [5, 5.41) is 11.1. The molecule has 1 amide bonds. The molecule has 4 heteroatoms. The predicted molar refractivity (Wildman–Crippen MR) is 48.9 cm³/mol. The Hall–Kier alpha value is -1.08. The minimum Gasteiger partial charge on any atom is -0.385 e. The summed E-state index contributed by atoms with van der Waals surface area (Å²) in [6.07, 6.45) is 1.54. The van der Waals surface area contributed by atoms with Crippen LogP contribution in [0.2, 0.25) is 0 Å². The number of hydrogen-bond acceptors (Lipinski definition) is 3. The minimum atomic E-state index is -0.0555. The summed E-state index contributed by atoms with van der Waals surface area (Å²) in [6.45, 7) is 2.41. The van der Waals surface area contributed by atoms with Gasteiger partial charge < -0.3 is 10.1 Å². The number of nitrogens with zero attached hydrogens (tertiary/aromatic N) is 1. The summed E-state index contributed by atoms with van der Waals surface area (Å²) in [7, 11) is 1.61. The zero-order valence-electron chi connectivity index (χ0n) is 8.17. The highest BCUT2D eigenvalue weighted by Gasteiger charge is 2.05. The van der Waals surface area contributed by atoms with Crippen LogP contribution in [0.1, 0.15) is 26.2 Å². The fraction of sp³-hybridized carbons (Fsp3) is 0.778. The average Bonchev–Trinajstić information content (AvgIpc) is 2.05. The molecule has 0 spiro atoms. The first-order valence-electron chi connectivity index (χ1n) is 4.36. The number of nitriles is 1. The van der Waals surface area contributed by atoms with Crippen molar-refractivity contribution in [2.24, 2.45) is 0 Å². The van der Waals surface area contributed by atoms with Crippen LogP contribution in [-0.4, -0.2) is 25.7 Å². The lowest BCUT2D eigenvalue weighted by Crippen LogP contribution is -2.32. The van der Waals surface area contributed by atoms with Gasteiger partial charge in [0.1, 0.15) is 0 Å². The summed E-state index contributed by atoms with van der Waals surface area (Å²) in [5.41, 5.74) is 0. The van der Waals surface area contributed by atoms with Crippen LogP contribution in [0.3, 0.4) is 0 Å². The molecule has 0 saturated carbocycles. The minimum absolute atomic E-state index is 0.0141. The molecule has 1 unspecified atom stereocenters. The Balaban J connectivity index is 3.45.